The van der Waals surface area contributed by atoms with Crippen molar-refractivity contribution in [3.63, 3.8) is 0 Å². The summed E-state index contributed by atoms with van der Waals surface area (Å²) in [6.45, 7) is -0.316. The lowest BCUT2D eigenvalue weighted by Crippen LogP contribution is -2.39. The summed E-state index contributed by atoms with van der Waals surface area (Å²) in [5.41, 5.74) is 0.0678. The molecule has 0 atom stereocenters. The number of hydrogen-bond acceptors (Lipinski definition) is 7. The molecule has 0 spiro atoms. The summed E-state index contributed by atoms with van der Waals surface area (Å²) < 4.78 is 90.5. The van der Waals surface area contributed by atoms with E-state index in [9.17, 15) is 30.4 Å². The van der Waals surface area contributed by atoms with E-state index in [-0.39, 0.29) is 35.1 Å². The van der Waals surface area contributed by atoms with Gasteiger partial charge in [0.25, 0.3) is 0 Å². The van der Waals surface area contributed by atoms with Crippen molar-refractivity contribution >= 4 is 66.0 Å². The average Bonchev–Trinajstić information content (AvgIpc) is 3.68. The molecule has 1 aliphatic rings. The van der Waals surface area contributed by atoms with Crippen molar-refractivity contribution in [3.05, 3.63) is 75.4 Å². The van der Waals surface area contributed by atoms with Gasteiger partial charge in [-0.15, -0.1) is 0 Å². The molecule has 0 heterocycles. The molecule has 0 aromatic heterocycles. The highest BCUT2D eigenvalue weighted by atomic mass is 127. The zero-order valence-corrected chi connectivity index (χ0v) is 23.5. The summed E-state index contributed by atoms with van der Waals surface area (Å²) in [4.78, 5) is 10.6. The van der Waals surface area contributed by atoms with Crippen LogP contribution in [0.4, 0.5) is 30.6 Å². The molecule has 16 heteroatoms. The maximum atomic E-state index is 14.7. The zero-order chi connectivity index (χ0) is 28.4. The lowest BCUT2D eigenvalue weighted by atomic mass is 10.2. The number of nitrogens with one attached hydrogen (secondary N) is 4. The van der Waals surface area contributed by atoms with Crippen LogP contribution in [0.3, 0.4) is 0 Å². The zero-order valence-electron chi connectivity index (χ0n) is 19.7. The first-order valence-corrected chi connectivity index (χ1v) is 15.3. The van der Waals surface area contributed by atoms with Gasteiger partial charge in [-0.3, -0.25) is 4.72 Å². The summed E-state index contributed by atoms with van der Waals surface area (Å²) in [5.74, 6) is -1.60. The topological polar surface area (TPSA) is 163 Å². The lowest BCUT2D eigenvalue weighted by Gasteiger charge is -2.19. The fourth-order valence-corrected chi connectivity index (χ4v) is 5.91. The van der Waals surface area contributed by atoms with Crippen LogP contribution in [-0.2, 0) is 26.8 Å². The molecule has 1 fully saturated rings. The van der Waals surface area contributed by atoms with Gasteiger partial charge in [0.05, 0.1) is 16.6 Å². The number of anilines is 3. The minimum absolute atomic E-state index is 0.0249. The number of sulfonamides is 1. The minimum atomic E-state index is -4.33. The number of ether oxygens (including phenoxy) is 1. The van der Waals surface area contributed by atoms with E-state index >= 15 is 0 Å². The molecule has 208 valence electrons. The molecule has 3 aromatic rings. The number of carboxylic acid groups (broad SMARTS) is 1. The van der Waals surface area contributed by atoms with Crippen LogP contribution in [0, 0.1) is 15.2 Å². The fraction of sp³-hybridized carbons (Fsp3) is 0.174. The van der Waals surface area contributed by atoms with Gasteiger partial charge in [0.2, 0.25) is 10.0 Å². The Morgan fingerprint density at radius 1 is 1.03 bits per heavy atom. The first-order chi connectivity index (χ1) is 18.3. The van der Waals surface area contributed by atoms with Gasteiger partial charge in [-0.25, -0.2) is 26.7 Å². The maximum Gasteiger partial charge on any atom is 0.419 e. The van der Waals surface area contributed by atoms with E-state index in [1.165, 1.54) is 41.1 Å². The largest absolute Gasteiger partial charge is 0.464 e. The highest BCUT2D eigenvalue weighted by Crippen LogP contribution is 2.41. The Balaban J connectivity index is 1.67. The normalized spacial score (nSPS) is 13.5. The van der Waals surface area contributed by atoms with Gasteiger partial charge in [-0.2, -0.15) is 13.1 Å². The van der Waals surface area contributed by atoms with Crippen molar-refractivity contribution in [2.75, 3.05) is 10.0 Å². The first-order valence-electron chi connectivity index (χ1n) is 11.2. The number of carbonyl (C=O) groups is 1. The lowest BCUT2D eigenvalue weighted by molar-refractivity contribution is 0.201. The summed E-state index contributed by atoms with van der Waals surface area (Å²) in [6, 6.07) is 12.1. The summed E-state index contributed by atoms with van der Waals surface area (Å²) in [6.07, 6.45) is -0.854. The van der Waals surface area contributed by atoms with Gasteiger partial charge in [0.1, 0.15) is 23.1 Å². The molecule has 4 rings (SSSR count). The maximum absolute atomic E-state index is 14.7. The van der Waals surface area contributed by atoms with Gasteiger partial charge < -0.3 is 15.2 Å². The Bertz CT molecular complexity index is 1640. The summed E-state index contributed by atoms with van der Waals surface area (Å²) >= 11 is 1.93. The number of amides is 1. The Morgan fingerprint density at radius 3 is 2.44 bits per heavy atom. The molecule has 0 aliphatic heterocycles. The number of rotatable bonds is 11. The molecule has 0 radical (unpaired) electrons. The summed E-state index contributed by atoms with van der Waals surface area (Å²) in [7, 11) is -8.19. The molecule has 1 aliphatic carbocycles. The molecule has 11 nitrogen and oxygen atoms in total. The van der Waals surface area contributed by atoms with Gasteiger partial charge >= 0.3 is 16.3 Å². The van der Waals surface area contributed by atoms with Crippen molar-refractivity contribution in [3.8, 4) is 11.5 Å². The number of benzene rings is 3. The molecule has 3 aromatic carbocycles. The van der Waals surface area contributed by atoms with E-state index in [4.69, 9.17) is 9.84 Å². The number of halogens is 3. The monoisotopic (exact) mass is 694 g/mol. The van der Waals surface area contributed by atoms with Crippen molar-refractivity contribution < 1.29 is 40.3 Å². The van der Waals surface area contributed by atoms with Crippen LogP contribution in [0.2, 0.25) is 0 Å². The molecule has 5 N–H and O–H groups in total. The van der Waals surface area contributed by atoms with Crippen LogP contribution >= 0.6 is 22.6 Å². The molecular weight excluding hydrogens is 673 g/mol. The van der Waals surface area contributed by atoms with Crippen LogP contribution < -0.4 is 24.2 Å². The highest BCUT2D eigenvalue weighted by molar-refractivity contribution is 14.1. The van der Waals surface area contributed by atoms with E-state index in [2.05, 4.69) is 10.0 Å². The second-order valence-electron chi connectivity index (χ2n) is 8.40. The Kier molecular flexibility index (Phi) is 8.48. The molecular formula is C23H21F2IN4O7S2. The second-order valence-corrected chi connectivity index (χ2v) is 13.1. The van der Waals surface area contributed by atoms with Crippen molar-refractivity contribution in [1.29, 1.82) is 0 Å². The molecule has 0 saturated heterocycles. The van der Waals surface area contributed by atoms with E-state index in [1.54, 1.807) is 6.07 Å². The van der Waals surface area contributed by atoms with Crippen molar-refractivity contribution in [1.82, 2.24) is 9.44 Å². The van der Waals surface area contributed by atoms with Crippen LogP contribution in [0.5, 0.6) is 11.5 Å². The van der Waals surface area contributed by atoms with Gasteiger partial charge in [-0.05, 0) is 77.4 Å². The predicted octanol–water partition coefficient (Wildman–Crippen LogP) is 4.61. The average molecular weight is 694 g/mol. The molecule has 0 unspecified atom stereocenters. The van der Waals surface area contributed by atoms with Crippen LogP contribution in [0.15, 0.2) is 54.6 Å². The number of hydrogen-bond donors (Lipinski definition) is 5. The second kappa shape index (κ2) is 11.5. The fourth-order valence-electron chi connectivity index (χ4n) is 3.38. The van der Waals surface area contributed by atoms with Gasteiger partial charge in [0, 0.05) is 16.2 Å². The first kappa shape index (κ1) is 28.8. The smallest absolute Gasteiger partial charge is 0.419 e. The molecule has 1 amide bonds. The predicted molar refractivity (Wildman–Crippen MR) is 148 cm³/mol. The minimum Gasteiger partial charge on any atom is -0.464 e. The Labute approximate surface area is 236 Å². The van der Waals surface area contributed by atoms with E-state index in [0.29, 0.717) is 22.0 Å². The third-order valence-corrected chi connectivity index (χ3v) is 8.77. The van der Waals surface area contributed by atoms with E-state index < -0.39 is 43.2 Å². The SMILES string of the molecule is O=C(O)NS(=O)(=O)NCc1cccc(Oc2cc(F)cc(Nc3ccc(I)cc3F)c2NS(=O)(=O)C2CC2)c1. The molecule has 39 heavy (non-hydrogen) atoms. The Hall–Kier alpha value is -3.22. The summed E-state index contributed by atoms with van der Waals surface area (Å²) in [5, 5.41) is 10.7. The standard InChI is InChI=1S/C23H21F2IN4O7S2/c24-14-9-20(28-19-7-4-15(26)11-18(19)25)22(29-38(33,34)17-5-6-17)21(10-14)37-16-3-1-2-13(8-16)12-27-39(35,36)30-23(31)32/h1-4,7-11,17,27-30H,5-6,12H2,(H,31,32). The van der Waals surface area contributed by atoms with Crippen LogP contribution in [0.1, 0.15) is 18.4 Å². The highest BCUT2D eigenvalue weighted by Gasteiger charge is 2.37. The third kappa shape index (κ3) is 7.90. The van der Waals surface area contributed by atoms with Crippen molar-refractivity contribution in [2.24, 2.45) is 0 Å². The third-order valence-electron chi connectivity index (χ3n) is 5.29. The van der Waals surface area contributed by atoms with Crippen LogP contribution in [0.25, 0.3) is 0 Å². The van der Waals surface area contributed by atoms with Crippen molar-refractivity contribution in [2.45, 2.75) is 24.6 Å². The van der Waals surface area contributed by atoms with Gasteiger partial charge in [-0.1, -0.05) is 12.1 Å². The van der Waals surface area contributed by atoms with E-state index in [0.717, 1.165) is 12.1 Å². The van der Waals surface area contributed by atoms with E-state index in [1.807, 2.05) is 27.3 Å². The van der Waals surface area contributed by atoms with Gasteiger partial charge in [0.15, 0.2) is 5.75 Å². The Morgan fingerprint density at radius 2 is 1.77 bits per heavy atom. The van der Waals surface area contributed by atoms with Crippen LogP contribution in [-0.4, -0.2) is 33.3 Å². The quantitative estimate of drug-likeness (QED) is 0.182. The molecule has 1 saturated carbocycles. The molecule has 0 bridgehead atoms.